The molecular weight excluding hydrogens is 190 g/mol. The van der Waals surface area contributed by atoms with Crippen LogP contribution in [0.5, 0.6) is 0 Å². The van der Waals surface area contributed by atoms with Gasteiger partial charge in [-0.3, -0.25) is 4.79 Å². The van der Waals surface area contributed by atoms with Crippen molar-refractivity contribution < 1.29 is 9.90 Å². The minimum absolute atomic E-state index is 0.132. The molecule has 1 amide bonds. The van der Waals surface area contributed by atoms with Crippen LogP contribution in [0.25, 0.3) is 0 Å². The van der Waals surface area contributed by atoms with Crippen molar-refractivity contribution in [3.63, 3.8) is 0 Å². The van der Waals surface area contributed by atoms with Crippen molar-refractivity contribution in [3.8, 4) is 24.7 Å². The number of aliphatic hydroxyl groups is 1. The Bertz CT molecular complexity index is 272. The number of rotatable bonds is 6. The Balaban J connectivity index is 3.71. The highest BCUT2D eigenvalue weighted by Crippen LogP contribution is 2.00. The quantitative estimate of drug-likeness (QED) is 0.624. The molecule has 0 aromatic rings. The van der Waals surface area contributed by atoms with Gasteiger partial charge in [0.1, 0.15) is 0 Å². The third-order valence-corrected chi connectivity index (χ3v) is 2.01. The Morgan fingerprint density at radius 1 is 1.47 bits per heavy atom. The molecule has 0 unspecified atom stereocenters. The van der Waals surface area contributed by atoms with Crippen LogP contribution < -0.4 is 5.32 Å². The van der Waals surface area contributed by atoms with E-state index in [9.17, 15) is 9.90 Å². The number of aliphatic hydroxyl groups excluding tert-OH is 1. The summed E-state index contributed by atoms with van der Waals surface area (Å²) in [6.07, 6.45) is 11.0. The van der Waals surface area contributed by atoms with E-state index >= 15 is 0 Å². The molecule has 3 nitrogen and oxygen atoms in total. The molecule has 2 N–H and O–H groups in total. The number of amides is 1. The molecule has 0 aliphatic rings. The van der Waals surface area contributed by atoms with Crippen molar-refractivity contribution in [1.82, 2.24) is 5.32 Å². The van der Waals surface area contributed by atoms with Gasteiger partial charge in [-0.25, -0.2) is 0 Å². The zero-order valence-corrected chi connectivity index (χ0v) is 8.99. The maximum atomic E-state index is 11.4. The van der Waals surface area contributed by atoms with Crippen molar-refractivity contribution in [1.29, 1.82) is 0 Å². The maximum absolute atomic E-state index is 11.4. The highest BCUT2D eigenvalue weighted by atomic mass is 16.3. The van der Waals surface area contributed by atoms with E-state index in [1.165, 1.54) is 0 Å². The molecule has 0 heterocycles. The third kappa shape index (κ3) is 6.60. The monoisotopic (exact) mass is 207 g/mol. The second-order valence-corrected chi connectivity index (χ2v) is 3.45. The van der Waals surface area contributed by atoms with E-state index in [0.717, 1.165) is 0 Å². The number of hydrogen-bond acceptors (Lipinski definition) is 2. The summed E-state index contributed by atoms with van der Waals surface area (Å²) in [6.45, 7) is 1.98. The largest absolute Gasteiger partial charge is 0.391 e. The number of carbonyl (C=O) groups excluding carboxylic acids is 1. The summed E-state index contributed by atoms with van der Waals surface area (Å²) in [5.41, 5.74) is 0. The second-order valence-electron chi connectivity index (χ2n) is 3.45. The van der Waals surface area contributed by atoms with Crippen LogP contribution >= 0.6 is 0 Å². The highest BCUT2D eigenvalue weighted by molar-refractivity contribution is 5.78. The normalized spacial score (nSPS) is 13.3. The molecule has 0 aromatic carbocycles. The SMILES string of the molecule is C#CCC[C@H](O)CNC(=O)[C@@H](C)CC#C. The third-order valence-electron chi connectivity index (χ3n) is 2.01. The number of terminal acetylenes is 2. The summed E-state index contributed by atoms with van der Waals surface area (Å²) in [4.78, 5) is 11.4. The first-order valence-corrected chi connectivity index (χ1v) is 4.94. The molecule has 15 heavy (non-hydrogen) atoms. The Hall–Kier alpha value is -1.45. The first-order chi connectivity index (χ1) is 7.11. The highest BCUT2D eigenvalue weighted by Gasteiger charge is 2.12. The lowest BCUT2D eigenvalue weighted by Crippen LogP contribution is -2.35. The van der Waals surface area contributed by atoms with Crippen molar-refractivity contribution in [2.75, 3.05) is 6.54 Å². The van der Waals surface area contributed by atoms with E-state index in [0.29, 0.717) is 19.3 Å². The van der Waals surface area contributed by atoms with E-state index in [4.69, 9.17) is 12.8 Å². The van der Waals surface area contributed by atoms with Crippen LogP contribution in [0.1, 0.15) is 26.2 Å². The van der Waals surface area contributed by atoms with Crippen LogP contribution in [-0.2, 0) is 4.79 Å². The van der Waals surface area contributed by atoms with Gasteiger partial charge in [-0.2, -0.15) is 0 Å². The van der Waals surface area contributed by atoms with Gasteiger partial charge in [0.2, 0.25) is 5.91 Å². The zero-order chi connectivity index (χ0) is 11.7. The second kappa shape index (κ2) is 7.91. The lowest BCUT2D eigenvalue weighted by Gasteiger charge is -2.12. The molecule has 0 fully saturated rings. The topological polar surface area (TPSA) is 49.3 Å². The fourth-order valence-corrected chi connectivity index (χ4v) is 1.01. The number of nitrogens with one attached hydrogen (secondary N) is 1. The molecule has 0 saturated carbocycles. The molecule has 2 atom stereocenters. The lowest BCUT2D eigenvalue weighted by molar-refractivity contribution is -0.124. The molecule has 0 bridgehead atoms. The van der Waals surface area contributed by atoms with Gasteiger partial charge in [0.15, 0.2) is 0 Å². The Morgan fingerprint density at radius 3 is 2.67 bits per heavy atom. The Kier molecular flexibility index (Phi) is 7.14. The molecule has 0 radical (unpaired) electrons. The van der Waals surface area contributed by atoms with Crippen LogP contribution in [0.3, 0.4) is 0 Å². The molecule has 82 valence electrons. The molecular formula is C12H17NO2. The van der Waals surface area contributed by atoms with Gasteiger partial charge >= 0.3 is 0 Å². The van der Waals surface area contributed by atoms with Gasteiger partial charge in [0.05, 0.1) is 6.10 Å². The number of carbonyl (C=O) groups is 1. The lowest BCUT2D eigenvalue weighted by atomic mass is 10.1. The summed E-state index contributed by atoms with van der Waals surface area (Å²) in [5.74, 6) is 4.51. The smallest absolute Gasteiger partial charge is 0.223 e. The first kappa shape index (κ1) is 13.5. The minimum atomic E-state index is -0.581. The van der Waals surface area contributed by atoms with E-state index in [1.54, 1.807) is 6.92 Å². The Labute approximate surface area is 91.3 Å². The molecule has 0 aliphatic heterocycles. The molecule has 0 aliphatic carbocycles. The predicted octanol–water partition coefficient (Wildman–Crippen LogP) is 0.536. The molecule has 3 heteroatoms. The fourth-order valence-electron chi connectivity index (χ4n) is 1.01. The van der Waals surface area contributed by atoms with Gasteiger partial charge in [-0.1, -0.05) is 6.92 Å². The summed E-state index contributed by atoms with van der Waals surface area (Å²) in [6, 6.07) is 0. The van der Waals surface area contributed by atoms with Gasteiger partial charge in [0.25, 0.3) is 0 Å². The molecule has 0 saturated heterocycles. The van der Waals surface area contributed by atoms with Gasteiger partial charge in [-0.15, -0.1) is 24.7 Å². The van der Waals surface area contributed by atoms with Crippen LogP contribution in [-0.4, -0.2) is 23.7 Å². The van der Waals surface area contributed by atoms with Crippen LogP contribution in [0.2, 0.25) is 0 Å². The molecule has 0 rings (SSSR count). The van der Waals surface area contributed by atoms with Crippen LogP contribution in [0, 0.1) is 30.6 Å². The molecule has 0 spiro atoms. The van der Waals surface area contributed by atoms with Crippen molar-refractivity contribution >= 4 is 5.91 Å². The van der Waals surface area contributed by atoms with E-state index in [-0.39, 0.29) is 18.4 Å². The van der Waals surface area contributed by atoms with Gasteiger partial charge in [-0.05, 0) is 6.42 Å². The molecule has 0 aromatic heterocycles. The summed E-state index contributed by atoms with van der Waals surface area (Å²) in [5, 5.41) is 12.0. The Morgan fingerprint density at radius 2 is 2.13 bits per heavy atom. The van der Waals surface area contributed by atoms with Crippen molar-refractivity contribution in [3.05, 3.63) is 0 Å². The van der Waals surface area contributed by atoms with Gasteiger partial charge < -0.3 is 10.4 Å². The summed E-state index contributed by atoms with van der Waals surface area (Å²) >= 11 is 0. The maximum Gasteiger partial charge on any atom is 0.223 e. The average molecular weight is 207 g/mol. The van der Waals surface area contributed by atoms with Crippen molar-refractivity contribution in [2.45, 2.75) is 32.3 Å². The average Bonchev–Trinajstić information content (AvgIpc) is 2.23. The zero-order valence-electron chi connectivity index (χ0n) is 8.99. The van der Waals surface area contributed by atoms with Crippen molar-refractivity contribution in [2.24, 2.45) is 5.92 Å². The van der Waals surface area contributed by atoms with E-state index in [1.807, 2.05) is 0 Å². The van der Waals surface area contributed by atoms with E-state index in [2.05, 4.69) is 17.2 Å². The fraction of sp³-hybridized carbons (Fsp3) is 0.583. The summed E-state index contributed by atoms with van der Waals surface area (Å²) < 4.78 is 0. The number of hydrogen-bond donors (Lipinski definition) is 2. The van der Waals surface area contributed by atoms with Crippen LogP contribution in [0.4, 0.5) is 0 Å². The van der Waals surface area contributed by atoms with Gasteiger partial charge in [0, 0.05) is 25.3 Å². The minimum Gasteiger partial charge on any atom is -0.391 e. The summed E-state index contributed by atoms with van der Waals surface area (Å²) in [7, 11) is 0. The predicted molar refractivity (Wildman–Crippen MR) is 59.7 cm³/mol. The van der Waals surface area contributed by atoms with E-state index < -0.39 is 6.10 Å². The van der Waals surface area contributed by atoms with Crippen LogP contribution in [0.15, 0.2) is 0 Å². The standard InChI is InChI=1S/C12H17NO2/c1-4-6-8-11(14)9-13-12(15)10(3)7-5-2/h1-2,10-11,14H,6-9H2,3H3,(H,13,15)/t10-,11-/m0/s1. The first-order valence-electron chi connectivity index (χ1n) is 4.94.